The van der Waals surface area contributed by atoms with Crippen molar-refractivity contribution in [2.75, 3.05) is 0 Å². The molecule has 0 atom stereocenters. The zero-order valence-corrected chi connectivity index (χ0v) is 32.4. The maximum Gasteiger partial charge on any atom is 0.164 e. The van der Waals surface area contributed by atoms with Gasteiger partial charge in [0.1, 0.15) is 0 Å². The summed E-state index contributed by atoms with van der Waals surface area (Å²) in [5.41, 5.74) is 17.1. The fourth-order valence-corrected chi connectivity index (χ4v) is 9.74. The first kappa shape index (κ1) is 34.1. The lowest BCUT2D eigenvalue weighted by Crippen LogP contribution is -2.40. The molecule has 58 heavy (non-hydrogen) atoms. The highest BCUT2D eigenvalue weighted by atomic mass is 15.0. The van der Waals surface area contributed by atoms with Gasteiger partial charge in [-0.3, -0.25) is 0 Å². The van der Waals surface area contributed by atoms with Crippen molar-refractivity contribution in [3.8, 4) is 67.5 Å². The van der Waals surface area contributed by atoms with Gasteiger partial charge in [0.2, 0.25) is 0 Å². The molecule has 11 rings (SSSR count). The third-order valence-electron chi connectivity index (χ3n) is 12.4. The number of fused-ring (bicyclic) bond motifs is 9. The molecule has 8 aromatic carbocycles. The van der Waals surface area contributed by atoms with Crippen molar-refractivity contribution in [1.82, 2.24) is 15.0 Å². The normalized spacial score (nSPS) is 14.0. The van der Waals surface area contributed by atoms with E-state index in [0.717, 1.165) is 22.3 Å². The van der Waals surface area contributed by atoms with Gasteiger partial charge in [-0.25, -0.2) is 15.0 Å². The summed E-state index contributed by atoms with van der Waals surface area (Å²) in [5.74, 6) is 1.96. The first-order chi connectivity index (χ1) is 28.5. The van der Waals surface area contributed by atoms with Crippen LogP contribution in [0.4, 0.5) is 0 Å². The number of benzene rings is 8. The molecule has 1 aromatic heterocycles. The molecule has 2 aliphatic rings. The van der Waals surface area contributed by atoms with E-state index in [0.29, 0.717) is 17.5 Å². The minimum atomic E-state index is -0.559. The molecule has 0 unspecified atom stereocenters. The molecular formula is C55H39N3. The van der Waals surface area contributed by atoms with Crippen LogP contribution in [-0.4, -0.2) is 15.0 Å². The second-order valence-electron chi connectivity index (χ2n) is 15.9. The quantitative estimate of drug-likeness (QED) is 0.176. The number of rotatable bonds is 5. The fourth-order valence-electron chi connectivity index (χ4n) is 9.74. The molecule has 0 fully saturated rings. The molecule has 0 saturated carbocycles. The van der Waals surface area contributed by atoms with Crippen LogP contribution < -0.4 is 0 Å². The number of nitrogens with zero attached hydrogens (tertiary/aromatic N) is 3. The van der Waals surface area contributed by atoms with E-state index in [-0.39, 0.29) is 5.41 Å². The zero-order valence-electron chi connectivity index (χ0n) is 32.4. The predicted octanol–water partition coefficient (Wildman–Crippen LogP) is 13.2. The number of aromatic nitrogens is 3. The highest BCUT2D eigenvalue weighted by molar-refractivity contribution is 5.97. The van der Waals surface area contributed by atoms with Gasteiger partial charge in [0.05, 0.1) is 5.41 Å². The molecule has 3 nitrogen and oxygen atoms in total. The lowest BCUT2D eigenvalue weighted by molar-refractivity contribution is 0.563. The van der Waals surface area contributed by atoms with Gasteiger partial charge in [0.25, 0.3) is 0 Å². The fraction of sp³-hybridized carbons (Fsp3) is 0.0727. The monoisotopic (exact) mass is 741 g/mol. The molecule has 0 bridgehead atoms. The molecule has 0 N–H and O–H groups in total. The van der Waals surface area contributed by atoms with E-state index >= 15 is 0 Å². The van der Waals surface area contributed by atoms with Gasteiger partial charge < -0.3 is 0 Å². The average Bonchev–Trinajstić information content (AvgIpc) is 3.59. The summed E-state index contributed by atoms with van der Waals surface area (Å²) in [6.07, 6.45) is 0. The van der Waals surface area contributed by atoms with Gasteiger partial charge in [-0.2, -0.15) is 0 Å². The van der Waals surface area contributed by atoms with Crippen LogP contribution in [0.5, 0.6) is 0 Å². The maximum absolute atomic E-state index is 5.29. The van der Waals surface area contributed by atoms with E-state index in [1.165, 1.54) is 61.2 Å². The van der Waals surface area contributed by atoms with Gasteiger partial charge in [0.15, 0.2) is 17.5 Å². The predicted molar refractivity (Wildman–Crippen MR) is 236 cm³/mol. The Kier molecular flexibility index (Phi) is 7.74. The van der Waals surface area contributed by atoms with Gasteiger partial charge in [0, 0.05) is 22.1 Å². The molecule has 0 amide bonds. The van der Waals surface area contributed by atoms with Gasteiger partial charge in [-0.05, 0) is 72.8 Å². The summed E-state index contributed by atoms with van der Waals surface area (Å²) in [6, 6.07) is 72.1. The summed E-state index contributed by atoms with van der Waals surface area (Å²) in [6.45, 7) is 4.74. The smallest absolute Gasteiger partial charge is 0.164 e. The Hall–Kier alpha value is -7.23. The van der Waals surface area contributed by atoms with Crippen LogP contribution in [0.2, 0.25) is 0 Å². The lowest BCUT2D eigenvalue weighted by atomic mass is 9.55. The van der Waals surface area contributed by atoms with Crippen molar-refractivity contribution in [1.29, 1.82) is 0 Å². The van der Waals surface area contributed by atoms with Crippen molar-refractivity contribution in [3.63, 3.8) is 0 Å². The van der Waals surface area contributed by atoms with Crippen molar-refractivity contribution in [2.45, 2.75) is 24.7 Å². The second-order valence-corrected chi connectivity index (χ2v) is 15.9. The number of hydrogen-bond acceptors (Lipinski definition) is 3. The van der Waals surface area contributed by atoms with E-state index in [1.54, 1.807) is 0 Å². The molecule has 3 heteroatoms. The molecular weight excluding hydrogens is 703 g/mol. The Morgan fingerprint density at radius 2 is 0.707 bits per heavy atom. The van der Waals surface area contributed by atoms with Crippen molar-refractivity contribution in [2.24, 2.45) is 0 Å². The zero-order chi connectivity index (χ0) is 38.8. The Morgan fingerprint density at radius 3 is 1.26 bits per heavy atom. The third-order valence-corrected chi connectivity index (χ3v) is 12.4. The summed E-state index contributed by atoms with van der Waals surface area (Å²) >= 11 is 0. The SMILES string of the molecule is CC1(C)c2ccccc2C2(c3ccc(-c4ccc(-c5ccccc5)cc4)cc3-c3c(-c4nc(-c5ccccc5)nc(-c5ccccc5)n4)cccc32)c2ccccc21. The van der Waals surface area contributed by atoms with Gasteiger partial charge >= 0.3 is 0 Å². The minimum Gasteiger partial charge on any atom is -0.208 e. The first-order valence-corrected chi connectivity index (χ1v) is 20.0. The van der Waals surface area contributed by atoms with E-state index < -0.39 is 5.41 Å². The minimum absolute atomic E-state index is 0.192. The lowest BCUT2D eigenvalue weighted by Gasteiger charge is -2.46. The highest BCUT2D eigenvalue weighted by Gasteiger charge is 2.53. The van der Waals surface area contributed by atoms with Crippen molar-refractivity contribution >= 4 is 0 Å². The standard InChI is InChI=1S/C55H39N3/c1-54(2)45-24-12-14-26-47(45)55(48-27-15-13-25-46(48)54)44-34-33-41(38-31-29-37(30-32-38)36-17-6-3-7-18-36)35-43(44)50-42(23-16-28-49(50)55)53-57-51(39-19-8-4-9-20-39)56-52(58-53)40-21-10-5-11-22-40/h3-35H,1-2H3. The molecule has 0 saturated heterocycles. The Balaban J connectivity index is 1.21. The molecule has 1 spiro atoms. The van der Waals surface area contributed by atoms with Crippen LogP contribution in [0.1, 0.15) is 47.2 Å². The largest absolute Gasteiger partial charge is 0.208 e. The molecule has 0 radical (unpaired) electrons. The third kappa shape index (κ3) is 5.10. The van der Waals surface area contributed by atoms with Crippen LogP contribution in [0, 0.1) is 0 Å². The summed E-state index contributed by atoms with van der Waals surface area (Å²) in [5, 5.41) is 0. The molecule has 274 valence electrons. The Morgan fingerprint density at radius 1 is 0.293 bits per heavy atom. The molecule has 0 aliphatic heterocycles. The number of hydrogen-bond donors (Lipinski definition) is 0. The van der Waals surface area contributed by atoms with Crippen LogP contribution in [0.3, 0.4) is 0 Å². The first-order valence-electron chi connectivity index (χ1n) is 20.0. The maximum atomic E-state index is 5.29. The van der Waals surface area contributed by atoms with E-state index in [2.05, 4.69) is 178 Å². The van der Waals surface area contributed by atoms with Crippen molar-refractivity contribution < 1.29 is 0 Å². The van der Waals surface area contributed by atoms with Gasteiger partial charge in [-0.1, -0.05) is 208 Å². The molecule has 9 aromatic rings. The topological polar surface area (TPSA) is 38.7 Å². The average molecular weight is 742 g/mol. The van der Waals surface area contributed by atoms with E-state index in [1.807, 2.05) is 36.4 Å². The molecule has 1 heterocycles. The van der Waals surface area contributed by atoms with Crippen molar-refractivity contribution in [3.05, 3.63) is 234 Å². The Labute approximate surface area is 339 Å². The molecule has 2 aliphatic carbocycles. The summed E-state index contributed by atoms with van der Waals surface area (Å²) in [7, 11) is 0. The summed E-state index contributed by atoms with van der Waals surface area (Å²) in [4.78, 5) is 15.6. The van der Waals surface area contributed by atoms with Crippen LogP contribution in [-0.2, 0) is 10.8 Å². The van der Waals surface area contributed by atoms with E-state index in [4.69, 9.17) is 15.0 Å². The summed E-state index contributed by atoms with van der Waals surface area (Å²) < 4.78 is 0. The highest BCUT2D eigenvalue weighted by Crippen LogP contribution is 2.63. The second kappa shape index (κ2) is 13.2. The van der Waals surface area contributed by atoms with Crippen LogP contribution in [0.25, 0.3) is 67.5 Å². The Bertz CT molecular complexity index is 2900. The van der Waals surface area contributed by atoms with E-state index in [9.17, 15) is 0 Å². The van der Waals surface area contributed by atoms with Crippen LogP contribution in [0.15, 0.2) is 200 Å². The van der Waals surface area contributed by atoms with Crippen LogP contribution >= 0.6 is 0 Å². The van der Waals surface area contributed by atoms with Gasteiger partial charge in [-0.15, -0.1) is 0 Å².